The summed E-state index contributed by atoms with van der Waals surface area (Å²) >= 11 is 5.83. The van der Waals surface area contributed by atoms with Gasteiger partial charge in [0.2, 0.25) is 0 Å². The molecule has 2 nitrogen and oxygen atoms in total. The Balaban J connectivity index is 2.95. The van der Waals surface area contributed by atoms with E-state index >= 15 is 0 Å². The molecule has 1 aromatic rings. The van der Waals surface area contributed by atoms with E-state index in [9.17, 15) is 5.11 Å². The van der Waals surface area contributed by atoms with E-state index in [0.717, 1.165) is 11.1 Å². The lowest BCUT2D eigenvalue weighted by molar-refractivity contribution is 0.121. The number of benzene rings is 1. The Morgan fingerprint density at radius 3 is 2.64 bits per heavy atom. The normalized spacial score (nSPS) is 15.2. The third-order valence-corrected chi connectivity index (χ3v) is 2.70. The molecule has 2 atom stereocenters. The summed E-state index contributed by atoms with van der Waals surface area (Å²) in [6.07, 6.45) is -0.503. The molecular formula is C11H16ClNO. The summed E-state index contributed by atoms with van der Waals surface area (Å²) in [4.78, 5) is 0. The van der Waals surface area contributed by atoms with Crippen LogP contribution in [0.1, 0.15) is 24.2 Å². The van der Waals surface area contributed by atoms with Crippen LogP contribution in [-0.4, -0.2) is 11.7 Å². The fraction of sp³-hybridized carbons (Fsp3) is 0.455. The van der Waals surface area contributed by atoms with Crippen molar-refractivity contribution in [3.8, 4) is 0 Å². The fourth-order valence-corrected chi connectivity index (χ4v) is 1.63. The molecule has 2 unspecified atom stereocenters. The van der Waals surface area contributed by atoms with Crippen molar-refractivity contribution >= 4 is 11.6 Å². The van der Waals surface area contributed by atoms with Crippen molar-refractivity contribution < 1.29 is 5.11 Å². The highest BCUT2D eigenvalue weighted by atomic mass is 35.5. The van der Waals surface area contributed by atoms with Crippen LogP contribution in [0.25, 0.3) is 0 Å². The highest BCUT2D eigenvalue weighted by molar-refractivity contribution is 6.30. The Morgan fingerprint density at radius 1 is 1.50 bits per heavy atom. The first-order valence-corrected chi connectivity index (χ1v) is 5.08. The number of hydrogen-bond donors (Lipinski definition) is 2. The molecule has 1 rings (SSSR count). The number of aryl methyl sites for hydroxylation is 1. The molecule has 0 bridgehead atoms. The monoisotopic (exact) mass is 213 g/mol. The average molecular weight is 214 g/mol. The van der Waals surface area contributed by atoms with E-state index in [1.165, 1.54) is 0 Å². The van der Waals surface area contributed by atoms with Gasteiger partial charge in [0.1, 0.15) is 0 Å². The first-order valence-electron chi connectivity index (χ1n) is 4.70. The van der Waals surface area contributed by atoms with Crippen molar-refractivity contribution in [3.05, 3.63) is 34.3 Å². The van der Waals surface area contributed by atoms with Gasteiger partial charge in [0.15, 0.2) is 0 Å². The molecule has 0 aliphatic rings. The van der Waals surface area contributed by atoms with Crippen molar-refractivity contribution in [2.75, 3.05) is 6.54 Å². The largest absolute Gasteiger partial charge is 0.388 e. The minimum atomic E-state index is -0.503. The summed E-state index contributed by atoms with van der Waals surface area (Å²) in [5.74, 6) is 0.0647. The lowest BCUT2D eigenvalue weighted by Crippen LogP contribution is -2.19. The van der Waals surface area contributed by atoms with Crippen LogP contribution < -0.4 is 5.73 Å². The quantitative estimate of drug-likeness (QED) is 0.809. The van der Waals surface area contributed by atoms with Gasteiger partial charge < -0.3 is 10.8 Å². The zero-order chi connectivity index (χ0) is 10.7. The van der Waals surface area contributed by atoms with Gasteiger partial charge in [0.25, 0.3) is 0 Å². The standard InChI is InChI=1S/C11H16ClNO/c1-7-5-9(12)3-4-10(7)11(14)8(2)6-13/h3-5,8,11,14H,6,13H2,1-2H3. The SMILES string of the molecule is Cc1cc(Cl)ccc1C(O)C(C)CN. The van der Waals surface area contributed by atoms with Crippen LogP contribution in [0.5, 0.6) is 0 Å². The number of halogens is 1. The Hall–Kier alpha value is -0.570. The third kappa shape index (κ3) is 2.47. The van der Waals surface area contributed by atoms with E-state index in [1.54, 1.807) is 6.07 Å². The van der Waals surface area contributed by atoms with E-state index in [2.05, 4.69) is 0 Å². The number of aliphatic hydroxyl groups excluding tert-OH is 1. The first kappa shape index (κ1) is 11.5. The van der Waals surface area contributed by atoms with Crippen LogP contribution in [0.2, 0.25) is 5.02 Å². The van der Waals surface area contributed by atoms with Crippen LogP contribution in [-0.2, 0) is 0 Å². The summed E-state index contributed by atoms with van der Waals surface area (Å²) in [6.45, 7) is 4.34. The molecule has 14 heavy (non-hydrogen) atoms. The fourth-order valence-electron chi connectivity index (χ4n) is 1.41. The van der Waals surface area contributed by atoms with Crippen molar-refractivity contribution in [2.45, 2.75) is 20.0 Å². The van der Waals surface area contributed by atoms with E-state index in [1.807, 2.05) is 26.0 Å². The summed E-state index contributed by atoms with van der Waals surface area (Å²) in [7, 11) is 0. The maximum absolute atomic E-state index is 9.94. The molecule has 0 saturated carbocycles. The molecular weight excluding hydrogens is 198 g/mol. The summed E-state index contributed by atoms with van der Waals surface area (Å²) in [6, 6.07) is 5.49. The molecule has 1 aromatic carbocycles. The minimum Gasteiger partial charge on any atom is -0.388 e. The predicted molar refractivity (Wildman–Crippen MR) is 59.4 cm³/mol. The molecule has 0 radical (unpaired) electrons. The second kappa shape index (κ2) is 4.78. The lowest BCUT2D eigenvalue weighted by atomic mass is 9.94. The zero-order valence-corrected chi connectivity index (χ0v) is 9.25. The average Bonchev–Trinajstić information content (AvgIpc) is 2.15. The van der Waals surface area contributed by atoms with Gasteiger partial charge in [0, 0.05) is 5.02 Å². The molecule has 0 aliphatic carbocycles. The van der Waals surface area contributed by atoms with E-state index in [0.29, 0.717) is 11.6 Å². The predicted octanol–water partition coefficient (Wildman–Crippen LogP) is 2.28. The van der Waals surface area contributed by atoms with Crippen molar-refractivity contribution in [1.29, 1.82) is 0 Å². The Bertz CT molecular complexity index is 314. The van der Waals surface area contributed by atoms with Gasteiger partial charge in [-0.2, -0.15) is 0 Å². The maximum atomic E-state index is 9.94. The number of nitrogens with two attached hydrogens (primary N) is 1. The number of aliphatic hydroxyl groups is 1. The van der Waals surface area contributed by atoms with Gasteiger partial charge >= 0.3 is 0 Å². The lowest BCUT2D eigenvalue weighted by Gasteiger charge is -2.19. The number of rotatable bonds is 3. The maximum Gasteiger partial charge on any atom is 0.0830 e. The van der Waals surface area contributed by atoms with Crippen LogP contribution in [0.4, 0.5) is 0 Å². The molecule has 0 aliphatic heterocycles. The van der Waals surface area contributed by atoms with Crippen LogP contribution in [0.15, 0.2) is 18.2 Å². The second-order valence-corrected chi connectivity index (χ2v) is 4.10. The molecule has 0 fully saturated rings. The van der Waals surface area contributed by atoms with Gasteiger partial charge in [-0.05, 0) is 42.6 Å². The molecule has 0 heterocycles. The topological polar surface area (TPSA) is 46.2 Å². The van der Waals surface area contributed by atoms with E-state index < -0.39 is 6.10 Å². The molecule has 3 heteroatoms. The van der Waals surface area contributed by atoms with Crippen LogP contribution >= 0.6 is 11.6 Å². The zero-order valence-electron chi connectivity index (χ0n) is 8.50. The minimum absolute atomic E-state index is 0.0647. The first-order chi connectivity index (χ1) is 6.56. The summed E-state index contributed by atoms with van der Waals surface area (Å²) in [5, 5.41) is 10.6. The van der Waals surface area contributed by atoms with Crippen molar-refractivity contribution in [1.82, 2.24) is 0 Å². The van der Waals surface area contributed by atoms with Crippen molar-refractivity contribution in [2.24, 2.45) is 11.7 Å². The van der Waals surface area contributed by atoms with Crippen LogP contribution in [0, 0.1) is 12.8 Å². The van der Waals surface area contributed by atoms with E-state index in [4.69, 9.17) is 17.3 Å². The number of hydrogen-bond acceptors (Lipinski definition) is 2. The third-order valence-electron chi connectivity index (χ3n) is 2.46. The summed E-state index contributed by atoms with van der Waals surface area (Å²) in [5.41, 5.74) is 7.42. The van der Waals surface area contributed by atoms with Gasteiger partial charge in [-0.1, -0.05) is 24.6 Å². The smallest absolute Gasteiger partial charge is 0.0830 e. The van der Waals surface area contributed by atoms with Gasteiger partial charge in [0.05, 0.1) is 6.10 Å². The molecule has 0 spiro atoms. The molecule has 0 saturated heterocycles. The Labute approximate surface area is 89.7 Å². The Kier molecular flexibility index (Phi) is 3.93. The summed E-state index contributed by atoms with van der Waals surface area (Å²) < 4.78 is 0. The van der Waals surface area contributed by atoms with Gasteiger partial charge in [-0.25, -0.2) is 0 Å². The molecule has 3 N–H and O–H groups in total. The van der Waals surface area contributed by atoms with E-state index in [-0.39, 0.29) is 5.92 Å². The highest BCUT2D eigenvalue weighted by Crippen LogP contribution is 2.26. The second-order valence-electron chi connectivity index (χ2n) is 3.66. The van der Waals surface area contributed by atoms with Gasteiger partial charge in [-0.3, -0.25) is 0 Å². The van der Waals surface area contributed by atoms with Crippen molar-refractivity contribution in [3.63, 3.8) is 0 Å². The molecule has 0 aromatic heterocycles. The Morgan fingerprint density at radius 2 is 2.14 bits per heavy atom. The molecule has 0 amide bonds. The highest BCUT2D eigenvalue weighted by Gasteiger charge is 2.16. The molecule has 78 valence electrons. The van der Waals surface area contributed by atoms with Crippen LogP contribution in [0.3, 0.4) is 0 Å². The van der Waals surface area contributed by atoms with Gasteiger partial charge in [-0.15, -0.1) is 0 Å².